The fraction of sp³-hybridized carbons (Fsp3) is 0.0909. The Balaban J connectivity index is 1.98. The lowest BCUT2D eigenvalue weighted by atomic mass is 9.96. The minimum absolute atomic E-state index is 0.225. The molecule has 0 aliphatic rings. The molecule has 0 atom stereocenters. The molecule has 2 aromatic carbocycles. The number of hydrogen-bond acceptors (Lipinski definition) is 4. The summed E-state index contributed by atoms with van der Waals surface area (Å²) in [7, 11) is -3.46. The fourth-order valence-electron chi connectivity index (χ4n) is 3.33. The number of sulfonamides is 1. The molecule has 0 amide bonds. The zero-order valence-electron chi connectivity index (χ0n) is 16.2. The van der Waals surface area contributed by atoms with Gasteiger partial charge in [-0.3, -0.25) is 9.52 Å². The number of rotatable bonds is 4. The average Bonchev–Trinajstić information content (AvgIpc) is 2.69. The van der Waals surface area contributed by atoms with Gasteiger partial charge in [0.05, 0.1) is 22.7 Å². The van der Waals surface area contributed by atoms with Crippen molar-refractivity contribution in [1.82, 2.24) is 9.97 Å². The number of benzene rings is 2. The molecule has 152 valence electrons. The van der Waals surface area contributed by atoms with Crippen molar-refractivity contribution in [3.8, 4) is 22.4 Å². The highest BCUT2D eigenvalue weighted by molar-refractivity contribution is 7.92. The molecule has 0 aliphatic carbocycles. The van der Waals surface area contributed by atoms with Crippen LogP contribution in [0.15, 0.2) is 65.5 Å². The highest BCUT2D eigenvalue weighted by Gasteiger charge is 2.16. The van der Waals surface area contributed by atoms with Gasteiger partial charge in [0, 0.05) is 22.6 Å². The fourth-order valence-corrected chi connectivity index (χ4v) is 4.34. The van der Waals surface area contributed by atoms with Gasteiger partial charge >= 0.3 is 0 Å². The van der Waals surface area contributed by atoms with E-state index in [1.807, 2.05) is 42.5 Å². The van der Waals surface area contributed by atoms with Crippen LogP contribution in [-0.4, -0.2) is 24.6 Å². The third kappa shape index (κ3) is 4.08. The average molecular weight is 440 g/mol. The molecule has 2 N–H and O–H groups in total. The van der Waals surface area contributed by atoms with Crippen molar-refractivity contribution in [2.24, 2.45) is 0 Å². The molecule has 0 spiro atoms. The van der Waals surface area contributed by atoms with Crippen molar-refractivity contribution in [3.05, 3.63) is 81.6 Å². The number of nitrogens with zero attached hydrogens (tertiary/aromatic N) is 1. The van der Waals surface area contributed by atoms with Crippen LogP contribution in [0.1, 0.15) is 5.56 Å². The highest BCUT2D eigenvalue weighted by atomic mass is 35.5. The van der Waals surface area contributed by atoms with Gasteiger partial charge in [0.25, 0.3) is 0 Å². The van der Waals surface area contributed by atoms with Crippen molar-refractivity contribution in [2.75, 3.05) is 11.0 Å². The second kappa shape index (κ2) is 7.59. The van der Waals surface area contributed by atoms with Gasteiger partial charge in [0.2, 0.25) is 15.6 Å². The van der Waals surface area contributed by atoms with Gasteiger partial charge in [-0.05, 0) is 42.3 Å². The van der Waals surface area contributed by atoms with Crippen LogP contribution >= 0.6 is 11.6 Å². The number of H-pyrrole nitrogens is 1. The van der Waals surface area contributed by atoms with Crippen molar-refractivity contribution in [3.63, 3.8) is 0 Å². The maximum Gasteiger partial charge on any atom is 0.249 e. The Morgan fingerprint density at radius 1 is 1.00 bits per heavy atom. The number of fused-ring (bicyclic) bond motifs is 1. The largest absolute Gasteiger partial charge is 0.307 e. The molecule has 4 aromatic rings. The third-order valence-electron chi connectivity index (χ3n) is 4.64. The summed E-state index contributed by atoms with van der Waals surface area (Å²) in [4.78, 5) is 19.2. The molecule has 0 aliphatic heterocycles. The highest BCUT2D eigenvalue weighted by Crippen LogP contribution is 2.37. The number of hydrogen-bond donors (Lipinski definition) is 2. The number of nitrogens with one attached hydrogen (secondary N) is 2. The molecule has 0 radical (unpaired) electrons. The van der Waals surface area contributed by atoms with Crippen LogP contribution in [0.2, 0.25) is 5.02 Å². The van der Waals surface area contributed by atoms with Crippen LogP contribution in [0, 0.1) is 6.92 Å². The monoisotopic (exact) mass is 439 g/mol. The summed E-state index contributed by atoms with van der Waals surface area (Å²) in [5.74, 6) is 0. The molecule has 0 saturated carbocycles. The van der Waals surface area contributed by atoms with Gasteiger partial charge in [0.15, 0.2) is 0 Å². The first-order chi connectivity index (χ1) is 14.2. The van der Waals surface area contributed by atoms with Crippen molar-refractivity contribution in [1.29, 1.82) is 0 Å². The van der Waals surface area contributed by atoms with Gasteiger partial charge in [-0.2, -0.15) is 0 Å². The first kappa shape index (κ1) is 20.1. The molecular formula is C22H18ClN3O3S. The van der Waals surface area contributed by atoms with Crippen LogP contribution in [-0.2, 0) is 10.0 Å². The molecule has 2 heterocycles. The smallest absolute Gasteiger partial charge is 0.249 e. The van der Waals surface area contributed by atoms with Gasteiger partial charge in [0.1, 0.15) is 5.65 Å². The van der Waals surface area contributed by atoms with Crippen LogP contribution in [0.5, 0.6) is 0 Å². The maximum atomic E-state index is 11.8. The Labute approximate surface area is 178 Å². The lowest BCUT2D eigenvalue weighted by Crippen LogP contribution is -2.11. The Kier molecular flexibility index (Phi) is 5.09. The Morgan fingerprint density at radius 3 is 2.40 bits per heavy atom. The van der Waals surface area contributed by atoms with Crippen molar-refractivity contribution >= 4 is 38.3 Å². The van der Waals surface area contributed by atoms with E-state index in [-0.39, 0.29) is 10.6 Å². The molecule has 0 fully saturated rings. The summed E-state index contributed by atoms with van der Waals surface area (Å²) in [5, 5.41) is 1.06. The summed E-state index contributed by atoms with van der Waals surface area (Å²) < 4.78 is 25.8. The predicted octanol–water partition coefficient (Wildman–Crippen LogP) is 4.59. The van der Waals surface area contributed by atoms with Crippen LogP contribution < -0.4 is 10.3 Å². The molecule has 2 aromatic heterocycles. The van der Waals surface area contributed by atoms with Gasteiger partial charge in [-0.15, -0.1) is 0 Å². The summed E-state index contributed by atoms with van der Waals surface area (Å²) in [6.45, 7) is 1.79. The molecule has 8 heteroatoms. The van der Waals surface area contributed by atoms with E-state index < -0.39 is 10.0 Å². The minimum Gasteiger partial charge on any atom is -0.307 e. The number of aryl methyl sites for hydroxylation is 1. The number of pyridine rings is 2. The second-order valence-electron chi connectivity index (χ2n) is 7.04. The van der Waals surface area contributed by atoms with E-state index in [1.54, 1.807) is 19.1 Å². The van der Waals surface area contributed by atoms with E-state index >= 15 is 0 Å². The topological polar surface area (TPSA) is 91.9 Å². The molecule has 6 nitrogen and oxygen atoms in total. The van der Waals surface area contributed by atoms with Gasteiger partial charge in [-0.25, -0.2) is 13.4 Å². The summed E-state index contributed by atoms with van der Waals surface area (Å²) in [6.07, 6.45) is 1.08. The van der Waals surface area contributed by atoms with Gasteiger partial charge < -0.3 is 4.98 Å². The van der Waals surface area contributed by atoms with Crippen molar-refractivity contribution in [2.45, 2.75) is 6.92 Å². The van der Waals surface area contributed by atoms with E-state index in [4.69, 9.17) is 16.6 Å². The maximum absolute atomic E-state index is 11.8. The SMILES string of the molecule is Cc1cc(-c2cc3ccc(=O)[nH]c3nc2-c2ccccc2)cc(Cl)c1NS(C)(=O)=O. The number of aromatic nitrogens is 2. The van der Waals surface area contributed by atoms with Crippen LogP contribution in [0.25, 0.3) is 33.4 Å². The molecule has 0 bridgehead atoms. The third-order valence-corrected chi connectivity index (χ3v) is 5.51. The zero-order chi connectivity index (χ0) is 21.5. The van der Waals surface area contributed by atoms with E-state index in [9.17, 15) is 13.2 Å². The van der Waals surface area contributed by atoms with E-state index in [0.717, 1.165) is 28.3 Å². The summed E-state index contributed by atoms with van der Waals surface area (Å²) in [6, 6.07) is 18.3. The summed E-state index contributed by atoms with van der Waals surface area (Å²) >= 11 is 6.43. The zero-order valence-corrected chi connectivity index (χ0v) is 17.8. The number of anilines is 1. The Hall–Kier alpha value is -3.16. The molecule has 0 saturated heterocycles. The molecule has 0 unspecified atom stereocenters. The molecule has 30 heavy (non-hydrogen) atoms. The lowest BCUT2D eigenvalue weighted by molar-refractivity contribution is 0.607. The predicted molar refractivity (Wildman–Crippen MR) is 121 cm³/mol. The second-order valence-corrected chi connectivity index (χ2v) is 9.19. The lowest BCUT2D eigenvalue weighted by Gasteiger charge is -2.15. The van der Waals surface area contributed by atoms with E-state index in [2.05, 4.69) is 9.71 Å². The normalized spacial score (nSPS) is 11.6. The summed E-state index contributed by atoms with van der Waals surface area (Å²) in [5.41, 5.74) is 4.47. The van der Waals surface area contributed by atoms with E-state index in [1.165, 1.54) is 6.07 Å². The van der Waals surface area contributed by atoms with Crippen LogP contribution in [0.3, 0.4) is 0 Å². The molecule has 4 rings (SSSR count). The number of aromatic amines is 1. The molecular weight excluding hydrogens is 422 g/mol. The first-order valence-electron chi connectivity index (χ1n) is 9.09. The Bertz CT molecular complexity index is 1410. The standard InChI is InChI=1S/C22H18ClN3O3S/c1-13-10-16(12-18(23)20(13)26-30(2,28)29)17-11-15-8-9-19(27)24-22(15)25-21(17)14-6-4-3-5-7-14/h3-12,26H,1-2H3,(H,24,25,27). The Morgan fingerprint density at radius 2 is 1.73 bits per heavy atom. The van der Waals surface area contributed by atoms with Gasteiger partial charge in [-0.1, -0.05) is 41.9 Å². The first-order valence-corrected chi connectivity index (χ1v) is 11.4. The van der Waals surface area contributed by atoms with E-state index in [0.29, 0.717) is 22.6 Å². The van der Waals surface area contributed by atoms with Crippen molar-refractivity contribution < 1.29 is 8.42 Å². The van der Waals surface area contributed by atoms with Crippen LogP contribution in [0.4, 0.5) is 5.69 Å². The quantitative estimate of drug-likeness (QED) is 0.486. The number of halogens is 1. The minimum atomic E-state index is -3.46.